The lowest BCUT2D eigenvalue weighted by molar-refractivity contribution is 0.496. The van der Waals surface area contributed by atoms with Crippen molar-refractivity contribution in [2.75, 3.05) is 0 Å². The summed E-state index contributed by atoms with van der Waals surface area (Å²) in [6.45, 7) is 8.51. The number of fused-ring (bicyclic) bond motifs is 1. The van der Waals surface area contributed by atoms with Crippen LogP contribution in [0.2, 0.25) is 0 Å². The molecule has 0 radical (unpaired) electrons. The largest absolute Gasteiger partial charge is 0.0683 e. The van der Waals surface area contributed by atoms with Crippen LogP contribution in [0, 0.1) is 6.92 Å². The molecule has 0 saturated carbocycles. The summed E-state index contributed by atoms with van der Waals surface area (Å²) in [6, 6.07) is 17.7. The molecule has 0 spiro atoms. The van der Waals surface area contributed by atoms with Crippen molar-refractivity contribution in [3.05, 3.63) is 70.8 Å². The molecular formula is C18H22. The molecule has 1 aliphatic rings. The topological polar surface area (TPSA) is 0 Å². The van der Waals surface area contributed by atoms with E-state index in [1.807, 2.05) is 13.8 Å². The molecule has 2 aromatic rings. The van der Waals surface area contributed by atoms with Gasteiger partial charge in [-0.2, -0.15) is 0 Å². The normalized spacial score (nSPS) is 20.2. The van der Waals surface area contributed by atoms with Crippen LogP contribution < -0.4 is 0 Å². The Kier molecular flexibility index (Phi) is 3.56. The van der Waals surface area contributed by atoms with Gasteiger partial charge in [-0.05, 0) is 30.0 Å². The van der Waals surface area contributed by atoms with Crippen LogP contribution in [0.4, 0.5) is 0 Å². The Labute approximate surface area is 111 Å². The molecular weight excluding hydrogens is 216 g/mol. The molecule has 1 unspecified atom stereocenters. The van der Waals surface area contributed by atoms with Crippen LogP contribution in [0.25, 0.3) is 0 Å². The Hall–Kier alpha value is -1.56. The molecule has 0 amide bonds. The van der Waals surface area contributed by atoms with E-state index in [1.54, 1.807) is 0 Å². The molecule has 0 heteroatoms. The third-order valence-electron chi connectivity index (χ3n) is 3.81. The molecule has 0 aromatic heterocycles. The standard InChI is InChI=1S/C16H16.C2H6/c1-12-8-9-15-13(10-12)11-16(15,2)14-6-4-3-5-7-14;1-2/h3-10H,11H2,1-2H3;1-2H3. The summed E-state index contributed by atoms with van der Waals surface area (Å²) in [6.07, 6.45) is 1.17. The van der Waals surface area contributed by atoms with Crippen molar-refractivity contribution in [2.24, 2.45) is 0 Å². The highest BCUT2D eigenvalue weighted by Crippen LogP contribution is 2.45. The minimum absolute atomic E-state index is 0.240. The van der Waals surface area contributed by atoms with E-state index < -0.39 is 0 Å². The quantitative estimate of drug-likeness (QED) is 0.664. The zero-order chi connectivity index (χ0) is 13.2. The van der Waals surface area contributed by atoms with Gasteiger partial charge in [0.1, 0.15) is 0 Å². The minimum atomic E-state index is 0.240. The van der Waals surface area contributed by atoms with Gasteiger partial charge >= 0.3 is 0 Å². The predicted octanol–water partition coefficient (Wildman–Crippen LogP) is 4.88. The van der Waals surface area contributed by atoms with Gasteiger partial charge in [0.2, 0.25) is 0 Å². The SMILES string of the molecule is CC.Cc1ccc2c(c1)CC2(C)c1ccccc1. The Balaban J connectivity index is 0.000000574. The fourth-order valence-electron chi connectivity index (χ4n) is 2.84. The summed E-state index contributed by atoms with van der Waals surface area (Å²) in [5, 5.41) is 0. The Morgan fingerprint density at radius 2 is 1.61 bits per heavy atom. The first-order valence-electron chi connectivity index (χ1n) is 6.86. The van der Waals surface area contributed by atoms with Gasteiger partial charge in [-0.1, -0.05) is 74.9 Å². The van der Waals surface area contributed by atoms with Crippen molar-refractivity contribution >= 4 is 0 Å². The number of hydrogen-bond donors (Lipinski definition) is 0. The average molecular weight is 238 g/mol. The third-order valence-corrected chi connectivity index (χ3v) is 3.81. The molecule has 0 bridgehead atoms. The molecule has 1 aliphatic carbocycles. The molecule has 0 heterocycles. The van der Waals surface area contributed by atoms with Gasteiger partial charge < -0.3 is 0 Å². The second-order valence-corrected chi connectivity index (χ2v) is 5.04. The molecule has 0 N–H and O–H groups in total. The number of benzene rings is 2. The van der Waals surface area contributed by atoms with Crippen LogP contribution in [0.3, 0.4) is 0 Å². The van der Waals surface area contributed by atoms with Gasteiger partial charge in [-0.3, -0.25) is 0 Å². The van der Waals surface area contributed by atoms with Crippen LogP contribution in [0.1, 0.15) is 43.0 Å². The molecule has 94 valence electrons. The number of aryl methyl sites for hydroxylation is 1. The molecule has 3 rings (SSSR count). The predicted molar refractivity (Wildman–Crippen MR) is 79.1 cm³/mol. The lowest BCUT2D eigenvalue weighted by atomic mass is 9.61. The second kappa shape index (κ2) is 4.97. The van der Waals surface area contributed by atoms with E-state index in [2.05, 4.69) is 62.4 Å². The van der Waals surface area contributed by atoms with Crippen molar-refractivity contribution in [1.29, 1.82) is 0 Å². The van der Waals surface area contributed by atoms with Gasteiger partial charge in [0.05, 0.1) is 0 Å². The number of hydrogen-bond acceptors (Lipinski definition) is 0. The van der Waals surface area contributed by atoms with Crippen molar-refractivity contribution in [3.8, 4) is 0 Å². The zero-order valence-electron chi connectivity index (χ0n) is 11.8. The fourth-order valence-corrected chi connectivity index (χ4v) is 2.84. The third kappa shape index (κ3) is 1.96. The van der Waals surface area contributed by atoms with Gasteiger partial charge in [0.25, 0.3) is 0 Å². The van der Waals surface area contributed by atoms with Crippen molar-refractivity contribution in [1.82, 2.24) is 0 Å². The van der Waals surface area contributed by atoms with Gasteiger partial charge in [0, 0.05) is 5.41 Å². The maximum Gasteiger partial charge on any atom is 0.0217 e. The first-order chi connectivity index (χ1) is 8.70. The summed E-state index contributed by atoms with van der Waals surface area (Å²) in [4.78, 5) is 0. The lowest BCUT2D eigenvalue weighted by Crippen LogP contribution is -2.36. The van der Waals surface area contributed by atoms with E-state index in [0.29, 0.717) is 0 Å². The molecule has 2 aromatic carbocycles. The van der Waals surface area contributed by atoms with E-state index >= 15 is 0 Å². The monoisotopic (exact) mass is 238 g/mol. The van der Waals surface area contributed by atoms with Crippen molar-refractivity contribution in [2.45, 2.75) is 39.5 Å². The highest BCUT2D eigenvalue weighted by molar-refractivity contribution is 5.53. The molecule has 0 nitrogen and oxygen atoms in total. The van der Waals surface area contributed by atoms with Crippen molar-refractivity contribution < 1.29 is 0 Å². The molecule has 0 fully saturated rings. The van der Waals surface area contributed by atoms with Crippen LogP contribution in [-0.2, 0) is 11.8 Å². The highest BCUT2D eigenvalue weighted by Gasteiger charge is 2.39. The number of rotatable bonds is 1. The fraction of sp³-hybridized carbons (Fsp3) is 0.333. The van der Waals surface area contributed by atoms with Gasteiger partial charge in [0.15, 0.2) is 0 Å². The zero-order valence-corrected chi connectivity index (χ0v) is 11.8. The first-order valence-corrected chi connectivity index (χ1v) is 6.86. The van der Waals surface area contributed by atoms with E-state index in [9.17, 15) is 0 Å². The van der Waals surface area contributed by atoms with E-state index in [1.165, 1.54) is 28.7 Å². The molecule has 1 atom stereocenters. The molecule has 0 aliphatic heterocycles. The van der Waals surface area contributed by atoms with Crippen LogP contribution in [-0.4, -0.2) is 0 Å². The summed E-state index contributed by atoms with van der Waals surface area (Å²) in [5.41, 5.74) is 6.07. The van der Waals surface area contributed by atoms with Crippen LogP contribution in [0.5, 0.6) is 0 Å². The van der Waals surface area contributed by atoms with E-state index in [4.69, 9.17) is 0 Å². The first kappa shape index (κ1) is 12.9. The van der Waals surface area contributed by atoms with Gasteiger partial charge in [-0.25, -0.2) is 0 Å². The average Bonchev–Trinajstić information content (AvgIpc) is 2.41. The second-order valence-electron chi connectivity index (χ2n) is 5.04. The molecule has 0 saturated heterocycles. The summed E-state index contributed by atoms with van der Waals surface area (Å²) < 4.78 is 0. The summed E-state index contributed by atoms with van der Waals surface area (Å²) in [5.74, 6) is 0. The van der Waals surface area contributed by atoms with Crippen molar-refractivity contribution in [3.63, 3.8) is 0 Å². The Bertz CT molecular complexity index is 525. The van der Waals surface area contributed by atoms with Gasteiger partial charge in [-0.15, -0.1) is 0 Å². The lowest BCUT2D eigenvalue weighted by Gasteiger charge is -2.42. The highest BCUT2D eigenvalue weighted by atomic mass is 14.4. The maximum atomic E-state index is 2.35. The van der Waals surface area contributed by atoms with Crippen LogP contribution in [0.15, 0.2) is 48.5 Å². The van der Waals surface area contributed by atoms with E-state index in [0.717, 1.165) is 0 Å². The van der Waals surface area contributed by atoms with E-state index in [-0.39, 0.29) is 5.41 Å². The maximum absolute atomic E-state index is 2.35. The smallest absolute Gasteiger partial charge is 0.0217 e. The Morgan fingerprint density at radius 1 is 0.944 bits per heavy atom. The summed E-state index contributed by atoms with van der Waals surface area (Å²) >= 11 is 0. The minimum Gasteiger partial charge on any atom is -0.0683 e. The molecule has 18 heavy (non-hydrogen) atoms. The Morgan fingerprint density at radius 3 is 2.22 bits per heavy atom. The summed E-state index contributed by atoms with van der Waals surface area (Å²) in [7, 11) is 0. The van der Waals surface area contributed by atoms with Crippen LogP contribution >= 0.6 is 0 Å².